The van der Waals surface area contributed by atoms with E-state index in [4.69, 9.17) is 32.5 Å². The number of hydrogen-bond donors (Lipinski definition) is 4. The Kier molecular flexibility index (Phi) is 32.0. The molecule has 130 valence electrons. The van der Waals surface area contributed by atoms with E-state index in [1.807, 2.05) is 0 Å². The smallest absolute Gasteiger partial charge is 0.450 e. The molecule has 0 amide bonds. The van der Waals surface area contributed by atoms with Gasteiger partial charge in [0.15, 0.2) is 0 Å². The van der Waals surface area contributed by atoms with Crippen molar-refractivity contribution in [3.05, 3.63) is 6.92 Å². The molecule has 0 aromatic heterocycles. The quantitative estimate of drug-likeness (QED) is 0.213. The van der Waals surface area contributed by atoms with Crippen molar-refractivity contribution in [1.82, 2.24) is 0 Å². The van der Waals surface area contributed by atoms with Gasteiger partial charge in [-0.2, -0.15) is 14.8 Å². The Labute approximate surface area is 156 Å². The van der Waals surface area contributed by atoms with Gasteiger partial charge in [0.25, 0.3) is 0 Å². The van der Waals surface area contributed by atoms with Crippen LogP contribution in [-0.4, -0.2) is 33.9 Å². The van der Waals surface area contributed by atoms with Gasteiger partial charge in [-0.15, -0.1) is 0 Å². The molecule has 0 saturated carbocycles. The molecule has 0 fully saturated rings. The van der Waals surface area contributed by atoms with Gasteiger partial charge in [-0.1, -0.05) is 64.7 Å². The Balaban J connectivity index is -0.000000135. The summed E-state index contributed by atoms with van der Waals surface area (Å²) in [5.74, 6) is 0. The summed E-state index contributed by atoms with van der Waals surface area (Å²) in [7, 11) is -4.67. The summed E-state index contributed by atoms with van der Waals surface area (Å²) in [6.07, 6.45) is 12.1. The molecule has 0 atom stereocenters. The maximum Gasteiger partial charge on any atom is 1.00 e. The van der Waals surface area contributed by atoms with Crippen LogP contribution >= 0.6 is 0 Å². The molecule has 0 aliphatic carbocycles. The van der Waals surface area contributed by atoms with Crippen molar-refractivity contribution < 1.29 is 62.1 Å². The molecule has 0 saturated heterocycles. The first kappa shape index (κ1) is 30.1. The van der Waals surface area contributed by atoms with Crippen LogP contribution in [0.5, 0.6) is 0 Å². The molecule has 0 aliphatic rings. The molecular formula is C13H29NaO7S. The van der Waals surface area contributed by atoms with Gasteiger partial charge in [-0.05, 0) is 0 Å². The third-order valence-corrected chi connectivity index (χ3v) is 2.35. The van der Waals surface area contributed by atoms with Gasteiger partial charge >= 0.3 is 46.1 Å². The Morgan fingerprint density at radius 2 is 1.09 bits per heavy atom. The summed E-state index contributed by atoms with van der Waals surface area (Å²) < 4.78 is 31.6. The van der Waals surface area contributed by atoms with Crippen molar-refractivity contribution in [2.24, 2.45) is 0 Å². The van der Waals surface area contributed by atoms with Crippen molar-refractivity contribution in [3.8, 4) is 0 Å². The van der Waals surface area contributed by atoms with E-state index in [1.54, 1.807) is 0 Å². The molecule has 0 radical (unpaired) electrons. The second kappa shape index (κ2) is 23.4. The third-order valence-electron chi connectivity index (χ3n) is 2.35. The summed E-state index contributed by atoms with van der Waals surface area (Å²) in [5.41, 5.74) is 0. The zero-order valence-corrected chi connectivity index (χ0v) is 16.5. The molecule has 22 heavy (non-hydrogen) atoms. The molecule has 0 spiro atoms. The van der Waals surface area contributed by atoms with E-state index in [0.717, 1.165) is 6.42 Å². The van der Waals surface area contributed by atoms with Crippen molar-refractivity contribution in [3.63, 3.8) is 0 Å². The summed E-state index contributed by atoms with van der Waals surface area (Å²) in [4.78, 5) is 8.56. The van der Waals surface area contributed by atoms with Crippen LogP contribution in [0.2, 0.25) is 0 Å². The van der Waals surface area contributed by atoms with Crippen molar-refractivity contribution in [1.29, 1.82) is 0 Å². The van der Waals surface area contributed by atoms with Crippen molar-refractivity contribution in [2.75, 3.05) is 0 Å². The normalized spacial score (nSPS) is 9.45. The maximum absolute atomic E-state index is 8.74. The van der Waals surface area contributed by atoms with E-state index in [9.17, 15) is 0 Å². The maximum atomic E-state index is 8.74. The number of unbranched alkanes of at least 4 members (excludes halogenated alkanes) is 9. The predicted molar refractivity (Wildman–Crippen MR) is 82.0 cm³/mol. The van der Waals surface area contributed by atoms with E-state index in [1.165, 1.54) is 57.8 Å². The van der Waals surface area contributed by atoms with Gasteiger partial charge < -0.3 is 17.1 Å². The zero-order valence-electron chi connectivity index (χ0n) is 13.7. The number of rotatable bonds is 9. The van der Waals surface area contributed by atoms with Crippen LogP contribution in [0.1, 0.15) is 71.1 Å². The molecule has 9 heteroatoms. The van der Waals surface area contributed by atoms with Crippen LogP contribution in [-0.2, 0) is 10.4 Å². The largest absolute Gasteiger partial charge is 1.00 e. The van der Waals surface area contributed by atoms with Crippen LogP contribution in [0.4, 0.5) is 4.79 Å². The zero-order chi connectivity index (χ0) is 17.1. The Morgan fingerprint density at radius 1 is 0.864 bits per heavy atom. The SMILES string of the molecule is O=C(O)O.O=S(=O)(O)O.[CH2-]CCCCCCCCCCC.[Na+]. The molecule has 0 aromatic rings. The Bertz CT molecular complexity index is 286. The van der Waals surface area contributed by atoms with Crippen LogP contribution < -0.4 is 29.6 Å². The number of hydrogen-bond acceptors (Lipinski definition) is 3. The molecule has 7 nitrogen and oxygen atoms in total. The van der Waals surface area contributed by atoms with Crippen LogP contribution in [0.3, 0.4) is 0 Å². The van der Waals surface area contributed by atoms with Crippen LogP contribution in [0, 0.1) is 6.92 Å². The molecular weight excluding hydrogens is 323 g/mol. The first-order valence-electron chi connectivity index (χ1n) is 7.06. The molecule has 0 rings (SSSR count). The molecule has 0 heterocycles. The van der Waals surface area contributed by atoms with E-state index in [2.05, 4.69) is 13.8 Å². The molecule has 0 unspecified atom stereocenters. The summed E-state index contributed by atoms with van der Waals surface area (Å²) in [6, 6.07) is 0. The van der Waals surface area contributed by atoms with E-state index in [0.29, 0.717) is 0 Å². The third kappa shape index (κ3) is 88.3. The van der Waals surface area contributed by atoms with E-state index >= 15 is 0 Å². The van der Waals surface area contributed by atoms with E-state index in [-0.39, 0.29) is 29.6 Å². The Morgan fingerprint density at radius 3 is 1.32 bits per heavy atom. The van der Waals surface area contributed by atoms with Gasteiger partial charge in [0.1, 0.15) is 0 Å². The minimum absolute atomic E-state index is 0. The average molecular weight is 352 g/mol. The predicted octanol–water partition coefficient (Wildman–Crippen LogP) is 1.31. The summed E-state index contributed by atoms with van der Waals surface area (Å²) >= 11 is 0. The fourth-order valence-corrected chi connectivity index (χ4v) is 1.49. The van der Waals surface area contributed by atoms with Crippen LogP contribution in [0.25, 0.3) is 0 Å². The average Bonchev–Trinajstić information content (AvgIpc) is 2.30. The molecule has 0 aromatic carbocycles. The number of carboxylic acid groups (broad SMARTS) is 2. The first-order chi connectivity index (χ1) is 9.65. The van der Waals surface area contributed by atoms with Gasteiger partial charge in [-0.25, -0.2) is 4.79 Å². The Hall–Kier alpha value is 0.140. The fourth-order valence-electron chi connectivity index (χ4n) is 1.49. The van der Waals surface area contributed by atoms with Gasteiger partial charge in [0, 0.05) is 0 Å². The summed E-state index contributed by atoms with van der Waals surface area (Å²) in [6.45, 7) is 6.12. The second-order valence-corrected chi connectivity index (χ2v) is 5.31. The molecule has 0 aliphatic heterocycles. The van der Waals surface area contributed by atoms with Gasteiger partial charge in [0.2, 0.25) is 0 Å². The molecule has 4 N–H and O–H groups in total. The van der Waals surface area contributed by atoms with Crippen molar-refractivity contribution >= 4 is 16.6 Å². The van der Waals surface area contributed by atoms with Crippen molar-refractivity contribution in [2.45, 2.75) is 71.1 Å². The van der Waals surface area contributed by atoms with Gasteiger partial charge in [-0.3, -0.25) is 9.11 Å². The minimum atomic E-state index is -4.67. The number of carbonyl (C=O) groups is 1. The first-order valence-corrected chi connectivity index (χ1v) is 8.45. The van der Waals surface area contributed by atoms with Crippen LogP contribution in [0.15, 0.2) is 0 Å². The standard InChI is InChI=1S/C12H25.CH2O3.Na.H2O4S/c1-3-5-7-9-11-12-10-8-6-4-2;2-1(3)4;;1-5(2,3)4/h1,3-12H2,2H3;(H2,2,3,4);;(H2,1,2,3,4)/q-1;;+1;. The topological polar surface area (TPSA) is 132 Å². The molecule has 0 bridgehead atoms. The fraction of sp³-hybridized carbons (Fsp3) is 0.846. The van der Waals surface area contributed by atoms with E-state index < -0.39 is 16.6 Å². The summed E-state index contributed by atoms with van der Waals surface area (Å²) in [5, 5.41) is 13.9. The minimum Gasteiger partial charge on any atom is -0.450 e. The van der Waals surface area contributed by atoms with Gasteiger partial charge in [0.05, 0.1) is 0 Å². The second-order valence-electron chi connectivity index (χ2n) is 4.41. The monoisotopic (exact) mass is 352 g/mol.